The van der Waals surface area contributed by atoms with Crippen LogP contribution in [0.15, 0.2) is 0 Å². The first kappa shape index (κ1) is 22.2. The largest absolute Gasteiger partial charge is 0.388 e. The van der Waals surface area contributed by atoms with Gasteiger partial charge in [0, 0.05) is 5.41 Å². The van der Waals surface area contributed by atoms with Gasteiger partial charge in [-0.3, -0.25) is 0 Å². The lowest BCUT2D eigenvalue weighted by molar-refractivity contribution is -0.310. The fourth-order valence-corrected chi connectivity index (χ4v) is 9.56. The Morgan fingerprint density at radius 3 is 2.38 bits per heavy atom. The van der Waals surface area contributed by atoms with E-state index in [-0.39, 0.29) is 11.7 Å². The monoisotopic (exact) mass is 450 g/mol. The fourth-order valence-electron chi connectivity index (χ4n) is 9.56. The second-order valence-electron chi connectivity index (χ2n) is 12.6. The molecule has 6 fully saturated rings. The van der Waals surface area contributed by atoms with Crippen molar-refractivity contribution in [2.24, 2.45) is 34.5 Å². The third-order valence-corrected chi connectivity index (χ3v) is 11.6. The quantitative estimate of drug-likeness (QED) is 0.561. The molecule has 4 aliphatic carbocycles. The molecule has 0 radical (unpaired) electrons. The minimum atomic E-state index is -1.23. The highest BCUT2D eigenvalue weighted by Crippen LogP contribution is 2.72. The third kappa shape index (κ3) is 2.80. The second kappa shape index (κ2) is 7.38. The summed E-state index contributed by atoms with van der Waals surface area (Å²) >= 11 is 0. The van der Waals surface area contributed by atoms with E-state index in [1.807, 2.05) is 0 Å². The van der Waals surface area contributed by atoms with E-state index in [2.05, 4.69) is 13.8 Å². The Bertz CT molecular complexity index is 736. The van der Waals surface area contributed by atoms with E-state index in [4.69, 9.17) is 14.2 Å². The van der Waals surface area contributed by atoms with Crippen LogP contribution in [-0.4, -0.2) is 64.3 Å². The van der Waals surface area contributed by atoms with Crippen molar-refractivity contribution < 1.29 is 29.5 Å². The lowest BCUT2D eigenvalue weighted by Gasteiger charge is -2.63. The van der Waals surface area contributed by atoms with Crippen LogP contribution in [0.5, 0.6) is 0 Å². The van der Waals surface area contributed by atoms with Crippen molar-refractivity contribution in [3.63, 3.8) is 0 Å². The summed E-state index contributed by atoms with van der Waals surface area (Å²) in [5.41, 5.74) is 0.862. The smallest absolute Gasteiger partial charge is 0.186 e. The molecule has 0 aromatic heterocycles. The average molecular weight is 451 g/mol. The van der Waals surface area contributed by atoms with Crippen LogP contribution >= 0.6 is 0 Å². The van der Waals surface area contributed by atoms with E-state index >= 15 is 0 Å². The molecular formula is C26H42O6. The van der Waals surface area contributed by atoms with Crippen LogP contribution < -0.4 is 0 Å². The van der Waals surface area contributed by atoms with Gasteiger partial charge >= 0.3 is 0 Å². The Labute approximate surface area is 192 Å². The standard InChI is InChI=1S/C26H42O6/c1-14-20(27)21(28)22(29)23(31-14)32-17-7-9-24(2)15(12-17)4-5-19-18(24)8-10-25(3)16-6-11-26(19,25)30-13-16/h14-23,27-29H,4-13H2,1-3H3/t14-,15+,16-,17-,18-,19+,20-,21+,22+,23-,24-,25+,26-/m0/s1. The maximum absolute atomic E-state index is 10.4. The summed E-state index contributed by atoms with van der Waals surface area (Å²) in [5.74, 6) is 2.83. The van der Waals surface area contributed by atoms with Crippen LogP contribution in [0.1, 0.15) is 78.6 Å². The molecule has 6 aliphatic rings. The maximum atomic E-state index is 10.4. The predicted molar refractivity (Wildman–Crippen MR) is 118 cm³/mol. The number of ether oxygens (including phenoxy) is 3. The SMILES string of the molecule is C[C@@H]1O[C@@H](O[C@H]2CC[C@@]3(C)[C@H](CC[C@@H]4[C@@H]3CC[C@]3(C)[C@H]5CC[C@]43OC5)C2)[C@H](O)[C@H](O)[C@H]1O. The van der Waals surface area contributed by atoms with Crippen LogP contribution in [0.25, 0.3) is 0 Å². The van der Waals surface area contributed by atoms with Crippen molar-refractivity contribution >= 4 is 0 Å². The van der Waals surface area contributed by atoms with Gasteiger partial charge in [-0.15, -0.1) is 0 Å². The van der Waals surface area contributed by atoms with Gasteiger partial charge < -0.3 is 29.5 Å². The topological polar surface area (TPSA) is 88.4 Å². The van der Waals surface area contributed by atoms with Gasteiger partial charge in [-0.05, 0) is 93.8 Å². The van der Waals surface area contributed by atoms with Gasteiger partial charge in [0.05, 0.1) is 24.4 Å². The Hall–Kier alpha value is -0.240. The summed E-state index contributed by atoms with van der Waals surface area (Å²) in [6, 6.07) is 0. The molecule has 0 aromatic carbocycles. The van der Waals surface area contributed by atoms with Crippen molar-refractivity contribution in [2.45, 2.75) is 121 Å². The molecule has 2 aliphatic heterocycles. The van der Waals surface area contributed by atoms with Crippen LogP contribution in [0.2, 0.25) is 0 Å². The summed E-state index contributed by atoms with van der Waals surface area (Å²) in [7, 11) is 0. The van der Waals surface area contributed by atoms with Crippen LogP contribution in [0, 0.1) is 34.5 Å². The van der Waals surface area contributed by atoms with Gasteiger partial charge in [-0.1, -0.05) is 13.8 Å². The number of fused-ring (bicyclic) bond motifs is 3. The van der Waals surface area contributed by atoms with Gasteiger partial charge in [-0.2, -0.15) is 0 Å². The molecule has 6 nitrogen and oxygen atoms in total. The fraction of sp³-hybridized carbons (Fsp3) is 1.00. The summed E-state index contributed by atoms with van der Waals surface area (Å²) in [4.78, 5) is 0. The highest BCUT2D eigenvalue weighted by molar-refractivity contribution is 5.20. The number of hydrogen-bond donors (Lipinski definition) is 3. The van der Waals surface area contributed by atoms with Crippen molar-refractivity contribution in [1.29, 1.82) is 0 Å². The zero-order chi connectivity index (χ0) is 22.5. The highest BCUT2D eigenvalue weighted by atomic mass is 16.7. The Morgan fingerprint density at radius 2 is 1.62 bits per heavy atom. The highest BCUT2D eigenvalue weighted by Gasteiger charge is 2.71. The number of aliphatic hydroxyl groups excluding tert-OH is 3. The molecule has 0 spiro atoms. The molecule has 2 saturated heterocycles. The Kier molecular flexibility index (Phi) is 5.13. The second-order valence-corrected chi connectivity index (χ2v) is 12.6. The molecule has 6 heteroatoms. The third-order valence-electron chi connectivity index (χ3n) is 11.6. The van der Waals surface area contributed by atoms with Gasteiger partial charge in [0.25, 0.3) is 0 Å². The van der Waals surface area contributed by atoms with E-state index in [0.717, 1.165) is 37.7 Å². The van der Waals surface area contributed by atoms with E-state index < -0.39 is 30.7 Å². The number of hydrogen-bond acceptors (Lipinski definition) is 6. The lowest BCUT2D eigenvalue weighted by Crippen LogP contribution is -2.61. The van der Waals surface area contributed by atoms with E-state index in [9.17, 15) is 15.3 Å². The number of aliphatic hydroxyl groups is 3. The van der Waals surface area contributed by atoms with Crippen molar-refractivity contribution in [2.75, 3.05) is 6.61 Å². The van der Waals surface area contributed by atoms with Crippen LogP contribution in [0.3, 0.4) is 0 Å². The molecule has 32 heavy (non-hydrogen) atoms. The van der Waals surface area contributed by atoms with E-state index in [0.29, 0.717) is 22.7 Å². The van der Waals surface area contributed by atoms with Crippen molar-refractivity contribution in [1.82, 2.24) is 0 Å². The summed E-state index contributed by atoms with van der Waals surface area (Å²) in [6.07, 6.45) is 5.97. The van der Waals surface area contributed by atoms with Gasteiger partial charge in [0.15, 0.2) is 6.29 Å². The predicted octanol–water partition coefficient (Wildman–Crippen LogP) is 3.01. The zero-order valence-electron chi connectivity index (χ0n) is 19.9. The summed E-state index contributed by atoms with van der Waals surface area (Å²) < 4.78 is 18.6. The summed E-state index contributed by atoms with van der Waals surface area (Å²) in [5, 5.41) is 30.5. The first-order valence-electron chi connectivity index (χ1n) is 13.2. The number of rotatable bonds is 2. The molecular weight excluding hydrogens is 408 g/mol. The molecule has 4 saturated carbocycles. The Morgan fingerprint density at radius 1 is 0.812 bits per heavy atom. The summed E-state index contributed by atoms with van der Waals surface area (Å²) in [6.45, 7) is 7.77. The van der Waals surface area contributed by atoms with E-state index in [1.165, 1.54) is 38.5 Å². The molecule has 0 unspecified atom stereocenters. The maximum Gasteiger partial charge on any atom is 0.186 e. The molecule has 0 aromatic rings. The van der Waals surface area contributed by atoms with Crippen molar-refractivity contribution in [3.05, 3.63) is 0 Å². The van der Waals surface area contributed by atoms with Crippen LogP contribution in [0.4, 0.5) is 0 Å². The first-order chi connectivity index (χ1) is 15.2. The lowest BCUT2D eigenvalue weighted by atomic mass is 9.44. The minimum absolute atomic E-state index is 0.0320. The normalized spacial score (nSPS) is 61.7. The van der Waals surface area contributed by atoms with E-state index in [1.54, 1.807) is 6.92 Å². The average Bonchev–Trinajstić information content (AvgIpc) is 3.24. The van der Waals surface area contributed by atoms with Gasteiger partial charge in [-0.25, -0.2) is 0 Å². The molecule has 182 valence electrons. The van der Waals surface area contributed by atoms with Crippen LogP contribution in [-0.2, 0) is 14.2 Å². The molecule has 3 N–H and O–H groups in total. The zero-order valence-corrected chi connectivity index (χ0v) is 19.9. The Balaban J connectivity index is 1.16. The molecule has 2 bridgehead atoms. The van der Waals surface area contributed by atoms with Crippen molar-refractivity contribution in [3.8, 4) is 0 Å². The molecule has 0 amide bonds. The molecule has 6 rings (SSSR count). The first-order valence-corrected chi connectivity index (χ1v) is 13.2. The van der Waals surface area contributed by atoms with Gasteiger partial charge in [0.1, 0.15) is 18.3 Å². The molecule has 13 atom stereocenters. The molecule has 2 heterocycles. The minimum Gasteiger partial charge on any atom is -0.388 e. The van der Waals surface area contributed by atoms with Gasteiger partial charge in [0.2, 0.25) is 0 Å².